The van der Waals surface area contributed by atoms with Crippen molar-refractivity contribution in [1.82, 2.24) is 14.9 Å². The lowest BCUT2D eigenvalue weighted by Crippen LogP contribution is -2.51. The predicted molar refractivity (Wildman–Crippen MR) is 108 cm³/mol. The maximum absolute atomic E-state index is 12.7. The van der Waals surface area contributed by atoms with Gasteiger partial charge in [0, 0.05) is 51.3 Å². The van der Waals surface area contributed by atoms with E-state index in [1.807, 2.05) is 35.0 Å². The zero-order chi connectivity index (χ0) is 18.6. The van der Waals surface area contributed by atoms with Crippen LogP contribution in [0.4, 0.5) is 11.6 Å². The number of rotatable bonds is 4. The third kappa shape index (κ3) is 3.84. The van der Waals surface area contributed by atoms with E-state index in [0.29, 0.717) is 19.6 Å². The molecule has 0 saturated carbocycles. The van der Waals surface area contributed by atoms with Gasteiger partial charge in [0.1, 0.15) is 0 Å². The Morgan fingerprint density at radius 3 is 2.41 bits per heavy atom. The highest BCUT2D eigenvalue weighted by atomic mass is 16.2. The van der Waals surface area contributed by atoms with Crippen molar-refractivity contribution in [2.75, 3.05) is 49.6 Å². The first-order valence-electron chi connectivity index (χ1n) is 9.20. The van der Waals surface area contributed by atoms with Crippen LogP contribution in [0.2, 0.25) is 0 Å². The molecule has 0 unspecified atom stereocenters. The van der Waals surface area contributed by atoms with Crippen molar-refractivity contribution < 1.29 is 4.79 Å². The molecule has 0 spiro atoms. The predicted octanol–water partition coefficient (Wildman–Crippen LogP) is 2.41. The Hall–Kier alpha value is -3.15. The zero-order valence-electron chi connectivity index (χ0n) is 15.5. The summed E-state index contributed by atoms with van der Waals surface area (Å²) in [4.78, 5) is 27.4. The highest BCUT2D eigenvalue weighted by Crippen LogP contribution is 2.21. The van der Waals surface area contributed by atoms with Crippen LogP contribution in [0.15, 0.2) is 60.9 Å². The van der Waals surface area contributed by atoms with Crippen LogP contribution in [0.5, 0.6) is 0 Å². The number of anilines is 2. The van der Waals surface area contributed by atoms with E-state index in [1.54, 1.807) is 12.4 Å². The molecule has 138 valence electrons. The average Bonchev–Trinajstić information content (AvgIpc) is 2.74. The summed E-state index contributed by atoms with van der Waals surface area (Å²) in [5.74, 6) is 0.886. The van der Waals surface area contributed by atoms with Crippen molar-refractivity contribution in [1.29, 1.82) is 0 Å². The van der Waals surface area contributed by atoms with Gasteiger partial charge in [0.15, 0.2) is 0 Å². The van der Waals surface area contributed by atoms with Gasteiger partial charge in [-0.2, -0.15) is 0 Å². The maximum Gasteiger partial charge on any atom is 0.242 e. The first-order chi connectivity index (χ1) is 13.2. The Kier molecular flexibility index (Phi) is 4.87. The number of carbonyl (C=O) groups is 1. The summed E-state index contributed by atoms with van der Waals surface area (Å²) >= 11 is 0. The molecule has 0 bridgehead atoms. The van der Waals surface area contributed by atoms with Gasteiger partial charge in [-0.25, -0.2) is 9.97 Å². The molecule has 0 aliphatic carbocycles. The van der Waals surface area contributed by atoms with Gasteiger partial charge in [0.05, 0.1) is 6.54 Å². The molecule has 6 heteroatoms. The third-order valence-electron chi connectivity index (χ3n) is 5.01. The van der Waals surface area contributed by atoms with E-state index in [9.17, 15) is 4.79 Å². The van der Waals surface area contributed by atoms with Crippen LogP contribution in [-0.4, -0.2) is 60.5 Å². The number of fused-ring (bicyclic) bond motifs is 1. The molecule has 0 atom stereocenters. The number of amides is 1. The van der Waals surface area contributed by atoms with E-state index in [4.69, 9.17) is 0 Å². The van der Waals surface area contributed by atoms with Crippen LogP contribution in [-0.2, 0) is 4.79 Å². The van der Waals surface area contributed by atoms with Gasteiger partial charge in [-0.15, -0.1) is 0 Å². The molecular formula is C21H23N5O. The van der Waals surface area contributed by atoms with Crippen LogP contribution in [0.1, 0.15) is 0 Å². The minimum Gasteiger partial charge on any atom is -0.365 e. The van der Waals surface area contributed by atoms with Gasteiger partial charge in [-0.1, -0.05) is 30.3 Å². The zero-order valence-corrected chi connectivity index (χ0v) is 15.5. The number of carbonyl (C=O) groups excluding carboxylic acids is 1. The Balaban J connectivity index is 1.36. The molecule has 1 aliphatic rings. The number of likely N-dealkylation sites (N-methyl/N-ethyl adjacent to an activating group) is 1. The fourth-order valence-electron chi connectivity index (χ4n) is 3.42. The summed E-state index contributed by atoms with van der Waals surface area (Å²) in [6.45, 7) is 3.29. The highest BCUT2D eigenvalue weighted by molar-refractivity contribution is 5.87. The van der Waals surface area contributed by atoms with Crippen molar-refractivity contribution in [3.8, 4) is 0 Å². The summed E-state index contributed by atoms with van der Waals surface area (Å²) in [7, 11) is 1.97. The summed E-state index contributed by atoms with van der Waals surface area (Å²) in [6, 6.07) is 16.4. The fourth-order valence-corrected chi connectivity index (χ4v) is 3.42. The molecule has 6 nitrogen and oxygen atoms in total. The number of hydrogen-bond donors (Lipinski definition) is 0. The third-order valence-corrected chi connectivity index (χ3v) is 5.01. The summed E-state index contributed by atoms with van der Waals surface area (Å²) in [5, 5.41) is 2.39. The van der Waals surface area contributed by atoms with Gasteiger partial charge < -0.3 is 14.7 Å². The average molecular weight is 361 g/mol. The molecule has 0 N–H and O–H groups in total. The largest absolute Gasteiger partial charge is 0.365 e. The van der Waals surface area contributed by atoms with Crippen molar-refractivity contribution in [2.24, 2.45) is 0 Å². The number of benzene rings is 2. The minimum absolute atomic E-state index is 0.152. The Bertz CT molecular complexity index is 922. The van der Waals surface area contributed by atoms with Crippen LogP contribution in [0.25, 0.3) is 10.8 Å². The normalized spacial score (nSPS) is 14.4. The summed E-state index contributed by atoms with van der Waals surface area (Å²) < 4.78 is 0. The number of hydrogen-bond acceptors (Lipinski definition) is 5. The summed E-state index contributed by atoms with van der Waals surface area (Å²) in [5.41, 5.74) is 1.05. The van der Waals surface area contributed by atoms with Crippen LogP contribution < -0.4 is 9.80 Å². The molecule has 1 amide bonds. The standard InChI is InChI=1S/C21H23N5O/c1-24(19-8-7-17-5-2-3-6-18(17)15-19)16-20(27)25-11-13-26(14-12-25)21-22-9-4-10-23-21/h2-10,15H,11-14,16H2,1H3. The van der Waals surface area contributed by atoms with Gasteiger partial charge in [-0.3, -0.25) is 4.79 Å². The topological polar surface area (TPSA) is 52.6 Å². The van der Waals surface area contributed by atoms with Gasteiger partial charge in [0.25, 0.3) is 0 Å². The lowest BCUT2D eigenvalue weighted by molar-refractivity contribution is -0.129. The van der Waals surface area contributed by atoms with Crippen LogP contribution in [0.3, 0.4) is 0 Å². The molecule has 1 aliphatic heterocycles. The molecule has 1 fully saturated rings. The Morgan fingerprint density at radius 2 is 1.67 bits per heavy atom. The Labute approximate surface area is 159 Å². The summed E-state index contributed by atoms with van der Waals surface area (Å²) in [6.07, 6.45) is 3.50. The van der Waals surface area contributed by atoms with E-state index in [0.717, 1.165) is 24.7 Å². The van der Waals surface area contributed by atoms with Crippen LogP contribution in [0, 0.1) is 0 Å². The smallest absolute Gasteiger partial charge is 0.242 e. The molecule has 27 heavy (non-hydrogen) atoms. The van der Waals surface area contributed by atoms with E-state index in [2.05, 4.69) is 45.2 Å². The van der Waals surface area contributed by atoms with Crippen LogP contribution >= 0.6 is 0 Å². The van der Waals surface area contributed by atoms with Gasteiger partial charge in [0.2, 0.25) is 11.9 Å². The molecular weight excluding hydrogens is 338 g/mol. The first kappa shape index (κ1) is 17.3. The first-order valence-corrected chi connectivity index (χ1v) is 9.20. The minimum atomic E-state index is 0.152. The second-order valence-corrected chi connectivity index (χ2v) is 6.80. The molecule has 3 aromatic rings. The van der Waals surface area contributed by atoms with Crippen molar-refractivity contribution in [2.45, 2.75) is 0 Å². The number of aromatic nitrogens is 2. The lowest BCUT2D eigenvalue weighted by Gasteiger charge is -2.35. The van der Waals surface area contributed by atoms with Crippen molar-refractivity contribution in [3.63, 3.8) is 0 Å². The lowest BCUT2D eigenvalue weighted by atomic mass is 10.1. The molecule has 4 rings (SSSR count). The second kappa shape index (κ2) is 7.61. The SMILES string of the molecule is CN(CC(=O)N1CCN(c2ncccn2)CC1)c1ccc2ccccc2c1. The molecule has 2 aromatic carbocycles. The van der Waals surface area contributed by atoms with Gasteiger partial charge >= 0.3 is 0 Å². The van der Waals surface area contributed by atoms with E-state index < -0.39 is 0 Å². The fraction of sp³-hybridized carbons (Fsp3) is 0.286. The quantitative estimate of drug-likeness (QED) is 0.714. The maximum atomic E-state index is 12.7. The van der Waals surface area contributed by atoms with Crippen molar-refractivity contribution >= 4 is 28.3 Å². The molecule has 1 aromatic heterocycles. The molecule has 0 radical (unpaired) electrons. The molecule has 2 heterocycles. The van der Waals surface area contributed by atoms with E-state index >= 15 is 0 Å². The van der Waals surface area contributed by atoms with Gasteiger partial charge in [-0.05, 0) is 29.0 Å². The molecule has 1 saturated heterocycles. The highest BCUT2D eigenvalue weighted by Gasteiger charge is 2.23. The Morgan fingerprint density at radius 1 is 0.963 bits per heavy atom. The number of nitrogens with zero attached hydrogens (tertiary/aromatic N) is 5. The second-order valence-electron chi connectivity index (χ2n) is 6.80. The van der Waals surface area contributed by atoms with Crippen molar-refractivity contribution in [3.05, 3.63) is 60.9 Å². The van der Waals surface area contributed by atoms with E-state index in [-0.39, 0.29) is 5.91 Å². The monoisotopic (exact) mass is 361 g/mol. The number of piperazine rings is 1. The van der Waals surface area contributed by atoms with E-state index in [1.165, 1.54) is 10.8 Å².